The van der Waals surface area contributed by atoms with E-state index < -0.39 is 5.91 Å². The number of phenolic OH excluding ortho intramolecular Hbond substituents is 1. The molecule has 2 aromatic rings. The van der Waals surface area contributed by atoms with E-state index in [1.807, 2.05) is 13.0 Å². The number of benzene rings is 2. The van der Waals surface area contributed by atoms with Gasteiger partial charge in [0.05, 0.1) is 11.6 Å². The number of ether oxygens (including phenoxy) is 1. The minimum absolute atomic E-state index is 0.0635. The van der Waals surface area contributed by atoms with Gasteiger partial charge in [0, 0.05) is 5.69 Å². The summed E-state index contributed by atoms with van der Waals surface area (Å²) in [7, 11) is 0. The summed E-state index contributed by atoms with van der Waals surface area (Å²) >= 11 is 6.15. The van der Waals surface area contributed by atoms with Crippen molar-refractivity contribution >= 4 is 29.3 Å². The van der Waals surface area contributed by atoms with Gasteiger partial charge in [0.25, 0.3) is 5.91 Å². The summed E-state index contributed by atoms with van der Waals surface area (Å²) in [5.74, 6) is 0.109. The molecule has 0 saturated carbocycles. The zero-order chi connectivity index (χ0) is 18.2. The van der Waals surface area contributed by atoms with E-state index in [4.69, 9.17) is 16.3 Å². The van der Waals surface area contributed by atoms with Crippen molar-refractivity contribution in [2.45, 2.75) is 13.3 Å². The molecule has 0 spiro atoms. The van der Waals surface area contributed by atoms with E-state index in [0.29, 0.717) is 28.6 Å². The van der Waals surface area contributed by atoms with Gasteiger partial charge in [0.1, 0.15) is 23.1 Å². The third-order valence-corrected chi connectivity index (χ3v) is 3.51. The van der Waals surface area contributed by atoms with E-state index in [1.54, 1.807) is 30.3 Å². The van der Waals surface area contributed by atoms with E-state index in [9.17, 15) is 15.2 Å². The molecule has 0 aliphatic heterocycles. The standard InChI is InChI=1S/C19H17ClN2O3/c1-2-9-25-18-8-3-13(11-17(18)20)10-14(12-21)19(24)22-15-4-6-16(23)7-5-15/h3-8,10-11,23H,2,9H2,1H3,(H,22,24)/b14-10+. The van der Waals surface area contributed by atoms with Crippen LogP contribution in [0.25, 0.3) is 6.08 Å². The smallest absolute Gasteiger partial charge is 0.266 e. The SMILES string of the molecule is CCCOc1ccc(/C=C(\C#N)C(=O)Nc2ccc(O)cc2)cc1Cl. The molecular weight excluding hydrogens is 340 g/mol. The van der Waals surface area contributed by atoms with Gasteiger partial charge in [-0.3, -0.25) is 4.79 Å². The fourth-order valence-electron chi connectivity index (χ4n) is 1.99. The van der Waals surface area contributed by atoms with Crippen LogP contribution in [-0.4, -0.2) is 17.6 Å². The fraction of sp³-hybridized carbons (Fsp3) is 0.158. The van der Waals surface area contributed by atoms with Crippen LogP contribution >= 0.6 is 11.6 Å². The van der Waals surface area contributed by atoms with E-state index >= 15 is 0 Å². The number of hydrogen-bond acceptors (Lipinski definition) is 4. The molecule has 0 aromatic heterocycles. The Hall–Kier alpha value is -2.97. The predicted octanol–water partition coefficient (Wildman–Crippen LogP) is 4.38. The summed E-state index contributed by atoms with van der Waals surface area (Å²) in [6, 6.07) is 12.9. The second-order valence-corrected chi connectivity index (χ2v) is 5.62. The molecule has 6 heteroatoms. The first-order valence-electron chi connectivity index (χ1n) is 7.68. The number of anilines is 1. The fourth-order valence-corrected chi connectivity index (χ4v) is 2.24. The number of nitriles is 1. The number of hydrogen-bond donors (Lipinski definition) is 2. The molecule has 2 rings (SSSR count). The summed E-state index contributed by atoms with van der Waals surface area (Å²) < 4.78 is 5.49. The van der Waals surface area contributed by atoms with E-state index in [-0.39, 0.29) is 11.3 Å². The molecule has 25 heavy (non-hydrogen) atoms. The number of amides is 1. The highest BCUT2D eigenvalue weighted by molar-refractivity contribution is 6.32. The van der Waals surface area contributed by atoms with Crippen molar-refractivity contribution in [2.75, 3.05) is 11.9 Å². The Morgan fingerprint density at radius 2 is 2.04 bits per heavy atom. The van der Waals surface area contributed by atoms with Crippen molar-refractivity contribution in [1.29, 1.82) is 5.26 Å². The summed E-state index contributed by atoms with van der Waals surface area (Å²) in [5, 5.41) is 21.5. The number of carbonyl (C=O) groups excluding carboxylic acids is 1. The molecule has 0 aliphatic rings. The Kier molecular flexibility index (Phi) is 6.44. The first-order valence-corrected chi connectivity index (χ1v) is 8.05. The first-order chi connectivity index (χ1) is 12.0. The lowest BCUT2D eigenvalue weighted by atomic mass is 10.1. The van der Waals surface area contributed by atoms with Crippen LogP contribution in [-0.2, 0) is 4.79 Å². The van der Waals surface area contributed by atoms with Gasteiger partial charge in [0.15, 0.2) is 0 Å². The lowest BCUT2D eigenvalue weighted by Gasteiger charge is -2.08. The quantitative estimate of drug-likeness (QED) is 0.457. The van der Waals surface area contributed by atoms with Crippen LogP contribution in [0.2, 0.25) is 5.02 Å². The molecular formula is C19H17ClN2O3. The van der Waals surface area contributed by atoms with Gasteiger partial charge < -0.3 is 15.2 Å². The van der Waals surface area contributed by atoms with Crippen LogP contribution in [0.5, 0.6) is 11.5 Å². The monoisotopic (exact) mass is 356 g/mol. The average molecular weight is 357 g/mol. The lowest BCUT2D eigenvalue weighted by molar-refractivity contribution is -0.112. The molecule has 0 bridgehead atoms. The number of carbonyl (C=O) groups is 1. The zero-order valence-electron chi connectivity index (χ0n) is 13.6. The maximum absolute atomic E-state index is 12.2. The second kappa shape index (κ2) is 8.76. The van der Waals surface area contributed by atoms with Crippen molar-refractivity contribution < 1.29 is 14.6 Å². The van der Waals surface area contributed by atoms with E-state index in [1.165, 1.54) is 18.2 Å². The van der Waals surface area contributed by atoms with Crippen molar-refractivity contribution in [2.24, 2.45) is 0 Å². The normalized spacial score (nSPS) is 10.8. The van der Waals surface area contributed by atoms with Crippen LogP contribution in [0.1, 0.15) is 18.9 Å². The van der Waals surface area contributed by atoms with Gasteiger partial charge in [0.2, 0.25) is 0 Å². The van der Waals surface area contributed by atoms with Crippen LogP contribution in [0, 0.1) is 11.3 Å². The number of phenols is 1. The zero-order valence-corrected chi connectivity index (χ0v) is 14.4. The minimum atomic E-state index is -0.546. The highest BCUT2D eigenvalue weighted by Gasteiger charge is 2.10. The first kappa shape index (κ1) is 18.4. The third-order valence-electron chi connectivity index (χ3n) is 3.22. The molecule has 0 fully saturated rings. The number of rotatable bonds is 6. The molecule has 5 nitrogen and oxygen atoms in total. The third kappa shape index (κ3) is 5.27. The van der Waals surface area contributed by atoms with Crippen LogP contribution in [0.4, 0.5) is 5.69 Å². The molecule has 0 unspecified atom stereocenters. The second-order valence-electron chi connectivity index (χ2n) is 5.21. The maximum atomic E-state index is 12.2. The molecule has 0 atom stereocenters. The molecule has 0 aliphatic carbocycles. The summed E-state index contributed by atoms with van der Waals surface area (Å²) in [6.07, 6.45) is 2.32. The predicted molar refractivity (Wildman–Crippen MR) is 97.6 cm³/mol. The Bertz CT molecular complexity index is 824. The maximum Gasteiger partial charge on any atom is 0.266 e. The summed E-state index contributed by atoms with van der Waals surface area (Å²) in [5.41, 5.74) is 1.03. The van der Waals surface area contributed by atoms with Gasteiger partial charge in [-0.15, -0.1) is 0 Å². The van der Waals surface area contributed by atoms with E-state index in [0.717, 1.165) is 6.42 Å². The van der Waals surface area contributed by atoms with E-state index in [2.05, 4.69) is 5.32 Å². The van der Waals surface area contributed by atoms with Gasteiger partial charge in [-0.1, -0.05) is 24.6 Å². The summed E-state index contributed by atoms with van der Waals surface area (Å²) in [6.45, 7) is 2.56. The molecule has 2 N–H and O–H groups in total. The Morgan fingerprint density at radius 1 is 1.32 bits per heavy atom. The number of halogens is 1. The molecule has 0 radical (unpaired) electrons. The van der Waals surface area contributed by atoms with Crippen LogP contribution in [0.15, 0.2) is 48.0 Å². The number of aromatic hydroxyl groups is 1. The molecule has 128 valence electrons. The number of nitrogens with zero attached hydrogens (tertiary/aromatic N) is 1. The van der Waals surface area contributed by atoms with Crippen LogP contribution in [0.3, 0.4) is 0 Å². The van der Waals surface area contributed by atoms with Crippen molar-refractivity contribution in [1.82, 2.24) is 0 Å². The van der Waals surface area contributed by atoms with Gasteiger partial charge in [-0.25, -0.2) is 0 Å². The van der Waals surface area contributed by atoms with Crippen molar-refractivity contribution in [3.63, 3.8) is 0 Å². The van der Waals surface area contributed by atoms with Gasteiger partial charge in [-0.2, -0.15) is 5.26 Å². The summed E-state index contributed by atoms with van der Waals surface area (Å²) in [4.78, 5) is 12.2. The highest BCUT2D eigenvalue weighted by atomic mass is 35.5. The minimum Gasteiger partial charge on any atom is -0.508 e. The molecule has 2 aromatic carbocycles. The Labute approximate surface area is 151 Å². The molecule has 0 saturated heterocycles. The Morgan fingerprint density at radius 3 is 2.64 bits per heavy atom. The average Bonchev–Trinajstić information content (AvgIpc) is 2.60. The van der Waals surface area contributed by atoms with Gasteiger partial charge >= 0.3 is 0 Å². The number of nitrogens with one attached hydrogen (secondary N) is 1. The topological polar surface area (TPSA) is 82.3 Å². The Balaban J connectivity index is 2.16. The molecule has 1 amide bonds. The van der Waals surface area contributed by atoms with Crippen molar-refractivity contribution in [3.8, 4) is 17.6 Å². The van der Waals surface area contributed by atoms with Gasteiger partial charge in [-0.05, 0) is 54.5 Å². The van der Waals surface area contributed by atoms with Crippen molar-refractivity contribution in [3.05, 3.63) is 58.6 Å². The largest absolute Gasteiger partial charge is 0.508 e. The molecule has 0 heterocycles. The highest BCUT2D eigenvalue weighted by Crippen LogP contribution is 2.26. The lowest BCUT2D eigenvalue weighted by Crippen LogP contribution is -2.13. The van der Waals surface area contributed by atoms with Crippen LogP contribution < -0.4 is 10.1 Å².